The maximum atomic E-state index is 14.5. The first-order valence-corrected chi connectivity index (χ1v) is 17.8. The van der Waals surface area contributed by atoms with Crippen molar-refractivity contribution in [3.05, 3.63) is 166 Å². The van der Waals surface area contributed by atoms with Crippen molar-refractivity contribution in [1.29, 1.82) is 0 Å². The molecule has 0 radical (unpaired) electrons. The van der Waals surface area contributed by atoms with Gasteiger partial charge in [0, 0.05) is 56.6 Å². The molecule has 1 atom stereocenters. The molecule has 5 aromatic rings. The van der Waals surface area contributed by atoms with Crippen LogP contribution >= 0.6 is 0 Å². The van der Waals surface area contributed by atoms with Gasteiger partial charge in [-0.1, -0.05) is 91.0 Å². The van der Waals surface area contributed by atoms with Crippen molar-refractivity contribution < 1.29 is 22.8 Å². The van der Waals surface area contributed by atoms with Crippen LogP contribution in [0.25, 0.3) is 17.3 Å². The second kappa shape index (κ2) is 16.9. The Morgan fingerprint density at radius 1 is 0.774 bits per heavy atom. The van der Waals surface area contributed by atoms with E-state index >= 15 is 0 Å². The predicted molar refractivity (Wildman–Crippen MR) is 202 cm³/mol. The lowest BCUT2D eigenvalue weighted by molar-refractivity contribution is -0.138. The van der Waals surface area contributed by atoms with E-state index in [2.05, 4.69) is 47.2 Å². The number of pyridine rings is 1. The van der Waals surface area contributed by atoms with E-state index in [1.54, 1.807) is 12.3 Å². The summed E-state index contributed by atoms with van der Waals surface area (Å²) in [4.78, 5) is 37.3. The molecule has 4 aromatic carbocycles. The van der Waals surface area contributed by atoms with Crippen LogP contribution in [0.1, 0.15) is 38.9 Å². The number of aromatic nitrogens is 1. The van der Waals surface area contributed by atoms with Crippen LogP contribution in [0.3, 0.4) is 0 Å². The maximum absolute atomic E-state index is 14.5. The predicted octanol–water partition coefficient (Wildman–Crippen LogP) is 8.29. The zero-order valence-electron chi connectivity index (χ0n) is 29.9. The molecule has 9 heteroatoms. The topological polar surface area (TPSA) is 65.5 Å². The fourth-order valence-electron chi connectivity index (χ4n) is 6.57. The van der Waals surface area contributed by atoms with Gasteiger partial charge < -0.3 is 10.2 Å². The monoisotopic (exact) mass is 716 g/mol. The lowest BCUT2D eigenvalue weighted by atomic mass is 9.88. The van der Waals surface area contributed by atoms with Crippen LogP contribution in [0.15, 0.2) is 127 Å². The quantitative estimate of drug-likeness (QED) is 0.140. The van der Waals surface area contributed by atoms with Crippen molar-refractivity contribution in [1.82, 2.24) is 20.1 Å². The van der Waals surface area contributed by atoms with Crippen molar-refractivity contribution in [2.24, 2.45) is 5.92 Å². The molecule has 53 heavy (non-hydrogen) atoms. The molecule has 1 aliphatic rings. The molecular formula is C44H43F3N4O2. The van der Waals surface area contributed by atoms with Gasteiger partial charge in [-0.15, -0.1) is 0 Å². The first kappa shape index (κ1) is 37.2. The van der Waals surface area contributed by atoms with Gasteiger partial charge in [0.15, 0.2) is 0 Å². The van der Waals surface area contributed by atoms with Crippen LogP contribution in [-0.4, -0.2) is 52.8 Å². The second-order valence-electron chi connectivity index (χ2n) is 13.6. The summed E-state index contributed by atoms with van der Waals surface area (Å²) in [5, 5.41) is 3.00. The van der Waals surface area contributed by atoms with Crippen molar-refractivity contribution in [3.63, 3.8) is 0 Å². The molecule has 2 amide bonds. The lowest BCUT2D eigenvalue weighted by Crippen LogP contribution is -2.51. The highest BCUT2D eigenvalue weighted by Gasteiger charge is 2.34. The van der Waals surface area contributed by atoms with E-state index in [-0.39, 0.29) is 24.4 Å². The number of benzene rings is 4. The Labute approximate surface area is 309 Å². The fraction of sp³-hybridized carbons (Fsp3) is 0.250. The number of nitrogens with zero attached hydrogens (tertiary/aromatic N) is 3. The zero-order valence-corrected chi connectivity index (χ0v) is 29.9. The van der Waals surface area contributed by atoms with E-state index in [0.717, 1.165) is 41.1 Å². The summed E-state index contributed by atoms with van der Waals surface area (Å²) in [6.45, 7) is 7.50. The summed E-state index contributed by atoms with van der Waals surface area (Å²) < 4.78 is 40.3. The second-order valence-corrected chi connectivity index (χ2v) is 13.6. The Hall–Kier alpha value is -5.54. The largest absolute Gasteiger partial charge is 0.416 e. The number of halogens is 3. The van der Waals surface area contributed by atoms with E-state index < -0.39 is 23.6 Å². The summed E-state index contributed by atoms with van der Waals surface area (Å²) in [5.41, 5.74) is 7.00. The number of carbonyl (C=O) groups excluding carboxylic acids is 2. The SMILES string of the molecule is Cc1ccc(CN2CCN(C(=O)[C@@H](Cc3ccccc3)C(=Cc3ccc(C(F)(F)F)cc3)C(=O)NCc3ccc(-c4ccccn4)cc3)CC2)cc1C. The van der Waals surface area contributed by atoms with E-state index in [4.69, 9.17) is 0 Å². The minimum Gasteiger partial charge on any atom is -0.348 e. The van der Waals surface area contributed by atoms with Gasteiger partial charge in [-0.3, -0.25) is 19.5 Å². The Kier molecular flexibility index (Phi) is 11.8. The molecule has 1 fully saturated rings. The summed E-state index contributed by atoms with van der Waals surface area (Å²) in [7, 11) is 0. The van der Waals surface area contributed by atoms with E-state index in [9.17, 15) is 22.8 Å². The molecule has 1 saturated heterocycles. The van der Waals surface area contributed by atoms with Gasteiger partial charge >= 0.3 is 6.18 Å². The normalized spacial score (nSPS) is 14.5. The molecule has 1 aliphatic heterocycles. The standard InChI is InChI=1S/C44H43F3N4O2/c1-31-11-12-36(26-32(31)2)30-50-22-24-51(25-23-50)43(53)40(28-33-8-4-3-5-9-33)39(27-34-15-19-38(20-16-34)44(45,46)47)42(52)49-29-35-13-17-37(18-14-35)41-10-6-7-21-48-41/h3-21,26-27,40H,22-25,28-30H2,1-2H3,(H,49,52)/t40-/m0/s1. The zero-order chi connectivity index (χ0) is 37.4. The number of piperazine rings is 1. The van der Waals surface area contributed by atoms with E-state index in [1.165, 1.54) is 28.8 Å². The highest BCUT2D eigenvalue weighted by atomic mass is 19.4. The van der Waals surface area contributed by atoms with Crippen molar-refractivity contribution >= 4 is 17.9 Å². The number of rotatable bonds is 11. The fourth-order valence-corrected chi connectivity index (χ4v) is 6.57. The van der Waals surface area contributed by atoms with Crippen molar-refractivity contribution in [2.75, 3.05) is 26.2 Å². The first-order valence-electron chi connectivity index (χ1n) is 17.8. The minimum atomic E-state index is -4.50. The van der Waals surface area contributed by atoms with Gasteiger partial charge in [0.1, 0.15) is 0 Å². The molecular weight excluding hydrogens is 674 g/mol. The highest BCUT2D eigenvalue weighted by molar-refractivity contribution is 6.04. The van der Waals surface area contributed by atoms with Crippen LogP contribution in [0.5, 0.6) is 0 Å². The van der Waals surface area contributed by atoms with Gasteiger partial charge in [-0.2, -0.15) is 13.2 Å². The van der Waals surface area contributed by atoms with Crippen molar-refractivity contribution in [3.8, 4) is 11.3 Å². The van der Waals surface area contributed by atoms with E-state index in [1.807, 2.05) is 77.7 Å². The summed E-state index contributed by atoms with van der Waals surface area (Å²) in [5.74, 6) is -1.52. The highest BCUT2D eigenvalue weighted by Crippen LogP contribution is 2.30. The molecule has 1 N–H and O–H groups in total. The summed E-state index contributed by atoms with van der Waals surface area (Å²) >= 11 is 0. The smallest absolute Gasteiger partial charge is 0.348 e. The number of nitrogens with one attached hydrogen (secondary N) is 1. The molecule has 0 unspecified atom stereocenters. The molecule has 2 heterocycles. The van der Waals surface area contributed by atoms with Crippen LogP contribution in [0, 0.1) is 19.8 Å². The molecule has 6 rings (SSSR count). The Balaban J connectivity index is 1.26. The van der Waals surface area contributed by atoms with Gasteiger partial charge in [-0.05, 0) is 84.0 Å². The number of hydrogen-bond acceptors (Lipinski definition) is 4. The molecule has 0 bridgehead atoms. The van der Waals surface area contributed by atoms with Crippen LogP contribution in [0.2, 0.25) is 0 Å². The average Bonchev–Trinajstić information content (AvgIpc) is 3.17. The molecule has 0 saturated carbocycles. The third-order valence-corrected chi connectivity index (χ3v) is 9.81. The number of amides is 2. The Morgan fingerprint density at radius 3 is 2.09 bits per heavy atom. The summed E-state index contributed by atoms with van der Waals surface area (Å²) in [6.07, 6.45) is -0.962. The molecule has 6 nitrogen and oxygen atoms in total. The van der Waals surface area contributed by atoms with Crippen LogP contribution in [-0.2, 0) is 35.3 Å². The number of alkyl halides is 3. The average molecular weight is 717 g/mol. The van der Waals surface area contributed by atoms with Gasteiger partial charge in [0.2, 0.25) is 11.8 Å². The minimum absolute atomic E-state index is 0.187. The van der Waals surface area contributed by atoms with E-state index in [0.29, 0.717) is 31.7 Å². The first-order chi connectivity index (χ1) is 25.5. The molecule has 0 aliphatic carbocycles. The maximum Gasteiger partial charge on any atom is 0.416 e. The Bertz CT molecular complexity index is 2020. The molecule has 0 spiro atoms. The van der Waals surface area contributed by atoms with Gasteiger partial charge in [0.25, 0.3) is 0 Å². The van der Waals surface area contributed by atoms with Gasteiger partial charge in [0.05, 0.1) is 17.2 Å². The Morgan fingerprint density at radius 2 is 1.45 bits per heavy atom. The van der Waals surface area contributed by atoms with Gasteiger partial charge in [-0.25, -0.2) is 0 Å². The third kappa shape index (κ3) is 9.87. The van der Waals surface area contributed by atoms with Crippen molar-refractivity contribution in [2.45, 2.75) is 39.5 Å². The number of aryl methyl sites for hydroxylation is 2. The number of hydrogen-bond donors (Lipinski definition) is 1. The van der Waals surface area contributed by atoms with Crippen LogP contribution < -0.4 is 5.32 Å². The number of carbonyl (C=O) groups is 2. The molecule has 272 valence electrons. The lowest BCUT2D eigenvalue weighted by Gasteiger charge is -2.37. The third-order valence-electron chi connectivity index (χ3n) is 9.81. The van der Waals surface area contributed by atoms with Crippen LogP contribution in [0.4, 0.5) is 13.2 Å². The molecule has 1 aromatic heterocycles. The summed E-state index contributed by atoms with van der Waals surface area (Å²) in [6, 6.07) is 34.0.